The Bertz CT molecular complexity index is 324. The van der Waals surface area contributed by atoms with E-state index >= 15 is 0 Å². The molecule has 1 aliphatic heterocycles. The number of ether oxygens (including phenoxy) is 1. The number of nitrogens with one attached hydrogen (secondary N) is 1. The van der Waals surface area contributed by atoms with Gasteiger partial charge in [0, 0.05) is 19.1 Å². The van der Waals surface area contributed by atoms with Crippen LogP contribution < -0.4 is 5.32 Å². The molecule has 0 radical (unpaired) electrons. The Morgan fingerprint density at radius 2 is 1.95 bits per heavy atom. The molecule has 1 N–H and O–H groups in total. The Labute approximate surface area is 123 Å². The molecule has 2 rings (SSSR count). The van der Waals surface area contributed by atoms with Crippen molar-refractivity contribution in [1.82, 2.24) is 10.2 Å². The minimum atomic E-state index is -0.0701. The van der Waals surface area contributed by atoms with E-state index in [0.717, 1.165) is 13.1 Å². The van der Waals surface area contributed by atoms with Gasteiger partial charge in [-0.25, -0.2) is 0 Å². The minimum absolute atomic E-state index is 0.0701. The summed E-state index contributed by atoms with van der Waals surface area (Å²) in [6, 6.07) is 0.427. The molecular formula is C16H30N2O2. The molecule has 1 saturated carbocycles. The number of amides is 1. The molecule has 2 aliphatic rings. The number of nitrogens with zero attached hydrogens (tertiary/aromatic N) is 1. The van der Waals surface area contributed by atoms with Crippen molar-refractivity contribution in [3.05, 3.63) is 0 Å². The van der Waals surface area contributed by atoms with Crippen LogP contribution in [-0.2, 0) is 9.53 Å². The van der Waals surface area contributed by atoms with E-state index < -0.39 is 0 Å². The Morgan fingerprint density at radius 3 is 2.65 bits per heavy atom. The Hall–Kier alpha value is -0.610. The zero-order valence-electron chi connectivity index (χ0n) is 13.3. The second-order valence-corrected chi connectivity index (χ2v) is 7.12. The largest absolute Gasteiger partial charge is 0.378 e. The summed E-state index contributed by atoms with van der Waals surface area (Å²) in [5, 5.41) is 3.56. The second-order valence-electron chi connectivity index (χ2n) is 7.12. The zero-order valence-corrected chi connectivity index (χ0v) is 13.3. The SMILES string of the molecule is CC(NC1CCCC(C)(C)CC1)C(=O)N1CCOCC1. The van der Waals surface area contributed by atoms with Gasteiger partial charge in [-0.1, -0.05) is 20.3 Å². The van der Waals surface area contributed by atoms with E-state index in [0.29, 0.717) is 24.7 Å². The smallest absolute Gasteiger partial charge is 0.239 e. The Balaban J connectivity index is 1.81. The van der Waals surface area contributed by atoms with Crippen molar-refractivity contribution in [3.8, 4) is 0 Å². The van der Waals surface area contributed by atoms with Crippen LogP contribution in [0.2, 0.25) is 0 Å². The number of rotatable bonds is 3. The number of hydrogen-bond donors (Lipinski definition) is 1. The number of hydrogen-bond acceptors (Lipinski definition) is 3. The fraction of sp³-hybridized carbons (Fsp3) is 0.938. The fourth-order valence-electron chi connectivity index (χ4n) is 3.31. The Morgan fingerprint density at radius 1 is 1.25 bits per heavy atom. The molecule has 0 aromatic heterocycles. The van der Waals surface area contributed by atoms with Gasteiger partial charge in [-0.3, -0.25) is 4.79 Å². The van der Waals surface area contributed by atoms with Gasteiger partial charge in [-0.2, -0.15) is 0 Å². The van der Waals surface area contributed by atoms with Crippen LogP contribution >= 0.6 is 0 Å². The third-order valence-corrected chi connectivity index (χ3v) is 4.75. The van der Waals surface area contributed by atoms with Gasteiger partial charge >= 0.3 is 0 Å². The van der Waals surface area contributed by atoms with Crippen molar-refractivity contribution in [2.24, 2.45) is 5.41 Å². The highest BCUT2D eigenvalue weighted by Crippen LogP contribution is 2.33. The van der Waals surface area contributed by atoms with E-state index in [2.05, 4.69) is 19.2 Å². The molecule has 2 atom stereocenters. The maximum Gasteiger partial charge on any atom is 0.239 e. The lowest BCUT2D eigenvalue weighted by Gasteiger charge is -2.31. The molecule has 1 amide bonds. The van der Waals surface area contributed by atoms with Crippen LogP contribution in [0.5, 0.6) is 0 Å². The first kappa shape index (κ1) is 15.8. The third kappa shape index (κ3) is 4.45. The first-order chi connectivity index (χ1) is 9.48. The zero-order chi connectivity index (χ0) is 14.6. The topological polar surface area (TPSA) is 41.6 Å². The van der Waals surface area contributed by atoms with Crippen molar-refractivity contribution in [2.75, 3.05) is 26.3 Å². The first-order valence-electron chi connectivity index (χ1n) is 8.10. The van der Waals surface area contributed by atoms with Crippen molar-refractivity contribution in [2.45, 2.75) is 65.0 Å². The second kappa shape index (κ2) is 6.90. The normalized spacial score (nSPS) is 28.8. The van der Waals surface area contributed by atoms with Gasteiger partial charge in [0.1, 0.15) is 0 Å². The van der Waals surface area contributed by atoms with Crippen molar-refractivity contribution >= 4 is 5.91 Å². The molecule has 1 heterocycles. The molecule has 4 nitrogen and oxygen atoms in total. The number of morpholine rings is 1. The lowest BCUT2D eigenvalue weighted by molar-refractivity contribution is -0.137. The molecule has 2 fully saturated rings. The third-order valence-electron chi connectivity index (χ3n) is 4.75. The quantitative estimate of drug-likeness (QED) is 0.807. The summed E-state index contributed by atoms with van der Waals surface area (Å²) in [5.74, 6) is 0.233. The fourth-order valence-corrected chi connectivity index (χ4v) is 3.31. The highest BCUT2D eigenvalue weighted by molar-refractivity contribution is 5.81. The summed E-state index contributed by atoms with van der Waals surface area (Å²) in [5.41, 5.74) is 0.466. The highest BCUT2D eigenvalue weighted by atomic mass is 16.5. The van der Waals surface area contributed by atoms with Crippen molar-refractivity contribution < 1.29 is 9.53 Å². The lowest BCUT2D eigenvalue weighted by atomic mass is 9.85. The molecule has 1 aliphatic carbocycles. The predicted octanol–water partition coefficient (Wildman–Crippen LogP) is 2.18. The summed E-state index contributed by atoms with van der Waals surface area (Å²) in [7, 11) is 0. The van der Waals surface area contributed by atoms with E-state index in [1.807, 2.05) is 11.8 Å². The van der Waals surface area contributed by atoms with Gasteiger partial charge in [0.05, 0.1) is 19.3 Å². The molecule has 0 spiro atoms. The maximum atomic E-state index is 12.4. The van der Waals surface area contributed by atoms with E-state index in [1.165, 1.54) is 32.1 Å². The summed E-state index contributed by atoms with van der Waals surface area (Å²) in [4.78, 5) is 14.3. The van der Waals surface area contributed by atoms with Crippen LogP contribution in [0.1, 0.15) is 52.9 Å². The summed E-state index contributed by atoms with van der Waals surface area (Å²) < 4.78 is 5.30. The van der Waals surface area contributed by atoms with Gasteiger partial charge in [0.25, 0.3) is 0 Å². The highest BCUT2D eigenvalue weighted by Gasteiger charge is 2.28. The number of carbonyl (C=O) groups excluding carboxylic acids is 1. The van der Waals surface area contributed by atoms with Crippen molar-refractivity contribution in [3.63, 3.8) is 0 Å². The monoisotopic (exact) mass is 282 g/mol. The maximum absolute atomic E-state index is 12.4. The molecule has 0 aromatic carbocycles. The lowest BCUT2D eigenvalue weighted by Crippen LogP contribution is -2.51. The number of carbonyl (C=O) groups is 1. The summed E-state index contributed by atoms with van der Waals surface area (Å²) in [6.45, 7) is 9.56. The standard InChI is InChI=1S/C16H30N2O2/c1-13(15(19)18-9-11-20-12-10-18)17-14-5-4-7-16(2,3)8-6-14/h13-14,17H,4-12H2,1-3H3. The van der Waals surface area contributed by atoms with E-state index in [4.69, 9.17) is 4.74 Å². The van der Waals surface area contributed by atoms with Crippen molar-refractivity contribution in [1.29, 1.82) is 0 Å². The van der Waals surface area contributed by atoms with Gasteiger partial charge in [0.15, 0.2) is 0 Å². The van der Waals surface area contributed by atoms with Crippen LogP contribution in [0.4, 0.5) is 0 Å². The molecule has 0 bridgehead atoms. The van der Waals surface area contributed by atoms with Crippen LogP contribution in [0.25, 0.3) is 0 Å². The van der Waals surface area contributed by atoms with Crippen LogP contribution in [0.15, 0.2) is 0 Å². The summed E-state index contributed by atoms with van der Waals surface area (Å²) in [6.07, 6.45) is 6.21. The average molecular weight is 282 g/mol. The molecule has 116 valence electrons. The van der Waals surface area contributed by atoms with Crippen LogP contribution in [0, 0.1) is 5.41 Å². The van der Waals surface area contributed by atoms with Gasteiger partial charge in [-0.15, -0.1) is 0 Å². The molecular weight excluding hydrogens is 252 g/mol. The predicted molar refractivity (Wildman–Crippen MR) is 80.7 cm³/mol. The van der Waals surface area contributed by atoms with E-state index in [9.17, 15) is 4.79 Å². The Kier molecular flexibility index (Phi) is 5.44. The van der Waals surface area contributed by atoms with Gasteiger partial charge < -0.3 is 15.0 Å². The molecule has 0 aromatic rings. The van der Waals surface area contributed by atoms with Crippen LogP contribution in [0.3, 0.4) is 0 Å². The molecule has 20 heavy (non-hydrogen) atoms. The first-order valence-corrected chi connectivity index (χ1v) is 8.10. The van der Waals surface area contributed by atoms with E-state index in [1.54, 1.807) is 0 Å². The minimum Gasteiger partial charge on any atom is -0.378 e. The summed E-state index contributed by atoms with van der Waals surface area (Å²) >= 11 is 0. The molecule has 1 saturated heterocycles. The molecule has 2 unspecified atom stereocenters. The van der Waals surface area contributed by atoms with Gasteiger partial charge in [0.2, 0.25) is 5.91 Å². The van der Waals surface area contributed by atoms with Gasteiger partial charge in [-0.05, 0) is 38.0 Å². The average Bonchev–Trinajstić information content (AvgIpc) is 2.60. The van der Waals surface area contributed by atoms with E-state index in [-0.39, 0.29) is 11.9 Å². The molecule has 4 heteroatoms. The van der Waals surface area contributed by atoms with Crippen LogP contribution in [-0.4, -0.2) is 49.2 Å².